The van der Waals surface area contributed by atoms with E-state index in [4.69, 9.17) is 5.84 Å². The monoisotopic (exact) mass is 221 g/mol. The van der Waals surface area contributed by atoms with Crippen LogP contribution in [0.25, 0.3) is 0 Å². The van der Waals surface area contributed by atoms with Gasteiger partial charge in [0, 0.05) is 13.2 Å². The minimum atomic E-state index is -4.27. The Kier molecular flexibility index (Phi) is 3.30. The maximum atomic E-state index is 12.0. The van der Waals surface area contributed by atoms with Crippen LogP contribution in [0.5, 0.6) is 0 Å². The lowest BCUT2D eigenvalue weighted by Crippen LogP contribution is -2.31. The number of rotatable bonds is 3. The van der Waals surface area contributed by atoms with Gasteiger partial charge in [0.25, 0.3) is 0 Å². The van der Waals surface area contributed by atoms with Gasteiger partial charge in [-0.25, -0.2) is 10.8 Å². The molecule has 0 saturated heterocycles. The first-order valence-corrected chi connectivity index (χ1v) is 4.00. The number of nitrogens with zero attached hydrogens (tertiary/aromatic N) is 3. The summed E-state index contributed by atoms with van der Waals surface area (Å²) in [5.74, 6) is 5.25. The maximum Gasteiger partial charge on any atom is 0.405 e. The minimum absolute atomic E-state index is 0.0709. The number of aromatic nitrogens is 2. The van der Waals surface area contributed by atoms with E-state index in [-0.39, 0.29) is 11.8 Å². The van der Waals surface area contributed by atoms with Crippen LogP contribution in [0, 0.1) is 0 Å². The predicted molar refractivity (Wildman–Crippen MR) is 49.2 cm³/mol. The standard InChI is InChI=1S/C7H10F3N5/c1-15(4-7(8,9)10)5-2-3-12-6(13-5)14-11/h2-3H,4,11H2,1H3,(H,12,13,14). The molecule has 0 atom stereocenters. The quantitative estimate of drug-likeness (QED) is 0.582. The smallest absolute Gasteiger partial charge is 0.350 e. The van der Waals surface area contributed by atoms with Crippen molar-refractivity contribution in [2.75, 3.05) is 23.9 Å². The van der Waals surface area contributed by atoms with Gasteiger partial charge in [-0.1, -0.05) is 0 Å². The molecule has 0 saturated carbocycles. The van der Waals surface area contributed by atoms with E-state index in [1.807, 2.05) is 0 Å². The van der Waals surface area contributed by atoms with Gasteiger partial charge in [0.1, 0.15) is 12.4 Å². The highest BCUT2D eigenvalue weighted by molar-refractivity contribution is 5.41. The lowest BCUT2D eigenvalue weighted by atomic mass is 10.5. The molecule has 0 radical (unpaired) electrons. The Labute approximate surface area is 84.1 Å². The molecule has 1 aromatic heterocycles. The summed E-state index contributed by atoms with van der Waals surface area (Å²) < 4.78 is 36.1. The second kappa shape index (κ2) is 4.30. The maximum absolute atomic E-state index is 12.0. The van der Waals surface area contributed by atoms with E-state index >= 15 is 0 Å². The van der Waals surface area contributed by atoms with E-state index in [0.717, 1.165) is 4.90 Å². The SMILES string of the molecule is CN(CC(F)(F)F)c1ccnc(NN)n1. The van der Waals surface area contributed by atoms with Gasteiger partial charge < -0.3 is 4.90 Å². The lowest BCUT2D eigenvalue weighted by molar-refractivity contribution is -0.119. The zero-order chi connectivity index (χ0) is 11.5. The van der Waals surface area contributed by atoms with Crippen molar-refractivity contribution in [2.45, 2.75) is 6.18 Å². The number of anilines is 2. The van der Waals surface area contributed by atoms with Crippen molar-refractivity contribution in [1.82, 2.24) is 9.97 Å². The summed E-state index contributed by atoms with van der Waals surface area (Å²) in [4.78, 5) is 8.40. The van der Waals surface area contributed by atoms with Crippen LogP contribution in [0.2, 0.25) is 0 Å². The molecule has 0 aliphatic heterocycles. The summed E-state index contributed by atoms with van der Waals surface area (Å²) in [6.07, 6.45) is -2.94. The number of nitrogens with one attached hydrogen (secondary N) is 1. The molecule has 0 spiro atoms. The summed E-state index contributed by atoms with van der Waals surface area (Å²) in [5, 5.41) is 0. The Balaban J connectivity index is 2.77. The molecule has 1 aromatic rings. The molecule has 3 N–H and O–H groups in total. The van der Waals surface area contributed by atoms with Crippen LogP contribution in [0.3, 0.4) is 0 Å². The lowest BCUT2D eigenvalue weighted by Gasteiger charge is -2.19. The van der Waals surface area contributed by atoms with E-state index in [1.54, 1.807) is 0 Å². The van der Waals surface area contributed by atoms with Gasteiger partial charge >= 0.3 is 6.18 Å². The largest absolute Gasteiger partial charge is 0.405 e. The zero-order valence-electron chi connectivity index (χ0n) is 7.91. The molecule has 0 aromatic carbocycles. The van der Waals surface area contributed by atoms with Crippen LogP contribution in [-0.2, 0) is 0 Å². The summed E-state index contributed by atoms with van der Waals surface area (Å²) in [6, 6.07) is 1.37. The van der Waals surface area contributed by atoms with Crippen LogP contribution in [0.4, 0.5) is 24.9 Å². The molecule has 1 heterocycles. The number of nitrogen functional groups attached to an aromatic ring is 1. The fraction of sp³-hybridized carbons (Fsp3) is 0.429. The number of hydrogen-bond donors (Lipinski definition) is 2. The van der Waals surface area contributed by atoms with E-state index in [0.29, 0.717) is 0 Å². The molecule has 8 heteroatoms. The molecular weight excluding hydrogens is 211 g/mol. The number of hydrogen-bond acceptors (Lipinski definition) is 5. The third-order valence-corrected chi connectivity index (χ3v) is 1.58. The summed E-state index contributed by atoms with van der Waals surface area (Å²) >= 11 is 0. The molecule has 0 aliphatic rings. The van der Waals surface area contributed by atoms with E-state index in [2.05, 4.69) is 15.4 Å². The van der Waals surface area contributed by atoms with Gasteiger partial charge in [0.15, 0.2) is 0 Å². The first-order valence-electron chi connectivity index (χ1n) is 4.00. The molecule has 0 bridgehead atoms. The zero-order valence-corrected chi connectivity index (χ0v) is 7.91. The predicted octanol–water partition coefficient (Wildman–Crippen LogP) is 0.761. The fourth-order valence-corrected chi connectivity index (χ4v) is 0.981. The summed E-state index contributed by atoms with van der Waals surface area (Å²) in [5.41, 5.74) is 2.15. The van der Waals surface area contributed by atoms with Gasteiger partial charge in [-0.2, -0.15) is 18.2 Å². The molecule has 84 valence electrons. The Morgan fingerprint density at radius 2 is 2.20 bits per heavy atom. The third-order valence-electron chi connectivity index (χ3n) is 1.58. The average Bonchev–Trinajstić information content (AvgIpc) is 2.15. The van der Waals surface area contributed by atoms with Gasteiger partial charge in [0.05, 0.1) is 0 Å². The van der Waals surface area contributed by atoms with Crippen LogP contribution in [0.15, 0.2) is 12.3 Å². The van der Waals surface area contributed by atoms with Crippen LogP contribution in [0.1, 0.15) is 0 Å². The molecule has 1 rings (SSSR count). The first-order chi connectivity index (χ1) is 6.92. The number of nitrogens with two attached hydrogens (primary N) is 1. The van der Waals surface area contributed by atoms with Crippen molar-refractivity contribution >= 4 is 11.8 Å². The molecule has 0 fully saturated rings. The molecular formula is C7H10F3N5. The molecule has 0 aliphatic carbocycles. The Morgan fingerprint density at radius 1 is 1.53 bits per heavy atom. The highest BCUT2D eigenvalue weighted by atomic mass is 19.4. The highest BCUT2D eigenvalue weighted by Gasteiger charge is 2.29. The second-order valence-electron chi connectivity index (χ2n) is 2.85. The normalized spacial score (nSPS) is 11.3. The van der Waals surface area contributed by atoms with Crippen molar-refractivity contribution in [1.29, 1.82) is 0 Å². The second-order valence-corrected chi connectivity index (χ2v) is 2.85. The van der Waals surface area contributed by atoms with Crippen molar-refractivity contribution < 1.29 is 13.2 Å². The van der Waals surface area contributed by atoms with Crippen molar-refractivity contribution in [3.05, 3.63) is 12.3 Å². The Bertz CT molecular complexity index is 327. The van der Waals surface area contributed by atoms with E-state index < -0.39 is 12.7 Å². The highest BCUT2D eigenvalue weighted by Crippen LogP contribution is 2.19. The molecule has 0 unspecified atom stereocenters. The topological polar surface area (TPSA) is 67.1 Å². The number of hydrazine groups is 1. The third kappa shape index (κ3) is 3.58. The van der Waals surface area contributed by atoms with Crippen LogP contribution in [-0.4, -0.2) is 29.7 Å². The number of halogens is 3. The molecule has 15 heavy (non-hydrogen) atoms. The van der Waals surface area contributed by atoms with Gasteiger partial charge in [0.2, 0.25) is 5.95 Å². The van der Waals surface area contributed by atoms with Crippen molar-refractivity contribution in [3.8, 4) is 0 Å². The van der Waals surface area contributed by atoms with Gasteiger partial charge in [-0.15, -0.1) is 0 Å². The fourth-order valence-electron chi connectivity index (χ4n) is 0.981. The minimum Gasteiger partial charge on any atom is -0.350 e. The average molecular weight is 221 g/mol. The summed E-state index contributed by atoms with van der Waals surface area (Å²) in [7, 11) is 1.29. The van der Waals surface area contributed by atoms with Gasteiger partial charge in [-0.3, -0.25) is 5.43 Å². The Hall–Kier alpha value is -1.57. The van der Waals surface area contributed by atoms with Crippen molar-refractivity contribution in [3.63, 3.8) is 0 Å². The molecule has 0 amide bonds. The van der Waals surface area contributed by atoms with E-state index in [9.17, 15) is 13.2 Å². The van der Waals surface area contributed by atoms with Crippen LogP contribution < -0.4 is 16.2 Å². The van der Waals surface area contributed by atoms with Crippen LogP contribution >= 0.6 is 0 Å². The number of alkyl halides is 3. The van der Waals surface area contributed by atoms with Crippen molar-refractivity contribution in [2.24, 2.45) is 5.84 Å². The molecule has 5 nitrogen and oxygen atoms in total. The van der Waals surface area contributed by atoms with E-state index in [1.165, 1.54) is 19.3 Å². The Morgan fingerprint density at radius 3 is 2.73 bits per heavy atom. The summed E-state index contributed by atoms with van der Waals surface area (Å²) in [6.45, 7) is -1.08. The first kappa shape index (κ1) is 11.5. The van der Waals surface area contributed by atoms with Gasteiger partial charge in [-0.05, 0) is 6.07 Å².